The van der Waals surface area contributed by atoms with E-state index in [1.807, 2.05) is 0 Å². The van der Waals surface area contributed by atoms with Gasteiger partial charge in [0.2, 0.25) is 5.78 Å². The number of ether oxygens (including phenoxy) is 1. The number of epoxide rings is 1. The molecule has 0 amide bonds. The minimum absolute atomic E-state index is 0.0671. The van der Waals surface area contributed by atoms with Crippen LogP contribution >= 0.6 is 0 Å². The molecule has 1 unspecified atom stereocenters. The molecule has 0 spiro atoms. The summed E-state index contributed by atoms with van der Waals surface area (Å²) in [5.41, 5.74) is -0.599. The van der Waals surface area contributed by atoms with Gasteiger partial charge in [0.25, 0.3) is 0 Å². The summed E-state index contributed by atoms with van der Waals surface area (Å²) in [5.74, 6) is 0.313. The molecule has 1 aromatic heterocycles. The first-order valence-electron chi connectivity index (χ1n) is 3.45. The van der Waals surface area contributed by atoms with E-state index >= 15 is 0 Å². The number of carbonyl (C=O) groups excluding carboxylic acids is 1. The third-order valence-corrected chi connectivity index (χ3v) is 1.80. The Kier molecular flexibility index (Phi) is 1.17. The zero-order valence-electron chi connectivity index (χ0n) is 6.16. The van der Waals surface area contributed by atoms with E-state index in [9.17, 15) is 4.79 Å². The maximum atomic E-state index is 11.4. The van der Waals surface area contributed by atoms with Gasteiger partial charge in [-0.3, -0.25) is 4.79 Å². The molecule has 0 radical (unpaired) electrons. The quantitative estimate of drug-likeness (QED) is 0.473. The summed E-state index contributed by atoms with van der Waals surface area (Å²) in [6, 6.07) is 3.34. The average Bonchev–Trinajstić information content (AvgIpc) is 2.54. The molecule has 0 saturated carbocycles. The van der Waals surface area contributed by atoms with Crippen molar-refractivity contribution >= 4 is 5.78 Å². The van der Waals surface area contributed by atoms with E-state index in [0.717, 1.165) is 0 Å². The van der Waals surface area contributed by atoms with Crippen LogP contribution in [0.1, 0.15) is 17.5 Å². The Hall–Kier alpha value is -1.09. The lowest BCUT2D eigenvalue weighted by atomic mass is 10.1. The van der Waals surface area contributed by atoms with E-state index in [-0.39, 0.29) is 5.78 Å². The summed E-state index contributed by atoms with van der Waals surface area (Å²) in [7, 11) is 0. The Morgan fingerprint density at radius 2 is 2.45 bits per heavy atom. The number of hydrogen-bond donors (Lipinski definition) is 0. The molecule has 0 N–H and O–H groups in total. The third-order valence-electron chi connectivity index (χ3n) is 1.80. The lowest BCUT2D eigenvalue weighted by Crippen LogP contribution is -2.19. The van der Waals surface area contributed by atoms with Crippen LogP contribution in [0.3, 0.4) is 0 Å². The van der Waals surface area contributed by atoms with Crippen molar-refractivity contribution in [3.8, 4) is 0 Å². The Bertz CT molecular complexity index is 270. The minimum Gasteiger partial charge on any atom is -0.461 e. The van der Waals surface area contributed by atoms with Crippen molar-refractivity contribution in [3.63, 3.8) is 0 Å². The molecule has 1 fully saturated rings. The molecule has 2 rings (SSSR count). The van der Waals surface area contributed by atoms with Gasteiger partial charge in [0, 0.05) is 0 Å². The highest BCUT2D eigenvalue weighted by Crippen LogP contribution is 2.30. The Labute approximate surface area is 64.0 Å². The van der Waals surface area contributed by atoms with Crippen molar-refractivity contribution in [2.24, 2.45) is 0 Å². The van der Waals surface area contributed by atoms with Crippen molar-refractivity contribution in [1.29, 1.82) is 0 Å². The summed E-state index contributed by atoms with van der Waals surface area (Å²) in [6.45, 7) is 2.27. The largest absolute Gasteiger partial charge is 0.461 e. The van der Waals surface area contributed by atoms with Gasteiger partial charge < -0.3 is 9.15 Å². The van der Waals surface area contributed by atoms with Crippen molar-refractivity contribution in [2.75, 3.05) is 6.61 Å². The van der Waals surface area contributed by atoms with E-state index in [2.05, 4.69) is 0 Å². The number of carbonyl (C=O) groups is 1. The van der Waals surface area contributed by atoms with Crippen LogP contribution in [0.15, 0.2) is 22.8 Å². The predicted octanol–water partition coefficient (Wildman–Crippen LogP) is 1.25. The maximum absolute atomic E-state index is 11.4. The lowest BCUT2D eigenvalue weighted by molar-refractivity contribution is 0.0859. The molecule has 1 aliphatic heterocycles. The molecule has 1 aliphatic rings. The average molecular weight is 152 g/mol. The standard InChI is InChI=1S/C8H8O3/c1-8(5-11-8)7(9)6-3-2-4-10-6/h2-4H,5H2,1H3. The number of ketones is 1. The van der Waals surface area contributed by atoms with Gasteiger partial charge in [-0.05, 0) is 19.1 Å². The first kappa shape index (κ1) is 6.61. The Morgan fingerprint density at radius 1 is 1.73 bits per heavy atom. The second-order valence-electron chi connectivity index (χ2n) is 2.83. The van der Waals surface area contributed by atoms with Gasteiger partial charge in [0.05, 0.1) is 12.9 Å². The van der Waals surface area contributed by atoms with Crippen LogP contribution in [-0.4, -0.2) is 18.0 Å². The number of furan rings is 1. The van der Waals surface area contributed by atoms with Crippen LogP contribution in [0.5, 0.6) is 0 Å². The normalized spacial score (nSPS) is 28.5. The topological polar surface area (TPSA) is 42.7 Å². The highest BCUT2D eigenvalue weighted by molar-refractivity contribution is 6.01. The van der Waals surface area contributed by atoms with Crippen LogP contribution in [-0.2, 0) is 4.74 Å². The molecule has 3 heteroatoms. The van der Waals surface area contributed by atoms with Gasteiger partial charge >= 0.3 is 0 Å². The molecule has 0 aromatic carbocycles. The van der Waals surface area contributed by atoms with Gasteiger partial charge in [0.1, 0.15) is 0 Å². The molecule has 11 heavy (non-hydrogen) atoms. The fraction of sp³-hybridized carbons (Fsp3) is 0.375. The maximum Gasteiger partial charge on any atom is 0.231 e. The SMILES string of the molecule is CC1(C(=O)c2ccco2)CO1. The van der Waals surface area contributed by atoms with E-state index in [1.165, 1.54) is 6.26 Å². The summed E-state index contributed by atoms with van der Waals surface area (Å²) >= 11 is 0. The second kappa shape index (κ2) is 1.95. The Morgan fingerprint density at radius 3 is 2.91 bits per heavy atom. The van der Waals surface area contributed by atoms with Crippen LogP contribution < -0.4 is 0 Å². The predicted molar refractivity (Wildman–Crippen MR) is 37.4 cm³/mol. The van der Waals surface area contributed by atoms with E-state index in [4.69, 9.17) is 9.15 Å². The van der Waals surface area contributed by atoms with Crippen LogP contribution in [0, 0.1) is 0 Å². The monoisotopic (exact) mass is 152 g/mol. The van der Waals surface area contributed by atoms with Crippen molar-refractivity contribution in [1.82, 2.24) is 0 Å². The first-order valence-corrected chi connectivity index (χ1v) is 3.45. The highest BCUT2D eigenvalue weighted by atomic mass is 16.6. The van der Waals surface area contributed by atoms with Crippen LogP contribution in [0.2, 0.25) is 0 Å². The second-order valence-corrected chi connectivity index (χ2v) is 2.83. The van der Waals surface area contributed by atoms with Crippen LogP contribution in [0.4, 0.5) is 0 Å². The van der Waals surface area contributed by atoms with E-state index < -0.39 is 5.60 Å². The zero-order valence-corrected chi connectivity index (χ0v) is 6.16. The number of hydrogen-bond acceptors (Lipinski definition) is 3. The zero-order chi connectivity index (χ0) is 7.90. The molecule has 2 heterocycles. The Balaban J connectivity index is 2.24. The molecule has 3 nitrogen and oxygen atoms in total. The first-order chi connectivity index (χ1) is 5.22. The smallest absolute Gasteiger partial charge is 0.231 e. The third kappa shape index (κ3) is 0.973. The molecule has 58 valence electrons. The van der Waals surface area contributed by atoms with Crippen molar-refractivity contribution in [3.05, 3.63) is 24.2 Å². The molecule has 1 aromatic rings. The fourth-order valence-corrected chi connectivity index (χ4v) is 0.908. The van der Waals surface area contributed by atoms with Crippen molar-refractivity contribution in [2.45, 2.75) is 12.5 Å². The summed E-state index contributed by atoms with van der Waals surface area (Å²) in [5, 5.41) is 0. The van der Waals surface area contributed by atoms with E-state index in [0.29, 0.717) is 12.4 Å². The molecule has 0 bridgehead atoms. The van der Waals surface area contributed by atoms with Crippen LogP contribution in [0.25, 0.3) is 0 Å². The van der Waals surface area contributed by atoms with Gasteiger partial charge in [0.15, 0.2) is 11.4 Å². The van der Waals surface area contributed by atoms with Crippen molar-refractivity contribution < 1.29 is 13.9 Å². The number of rotatable bonds is 2. The van der Waals surface area contributed by atoms with E-state index in [1.54, 1.807) is 19.1 Å². The number of Topliss-reactive ketones (excluding diaryl/α,β-unsaturated/α-hetero) is 1. The lowest BCUT2D eigenvalue weighted by Gasteiger charge is -1.98. The molecule has 1 atom stereocenters. The van der Waals surface area contributed by atoms with Gasteiger partial charge in [-0.2, -0.15) is 0 Å². The molecular formula is C8H8O3. The van der Waals surface area contributed by atoms with Gasteiger partial charge in [-0.1, -0.05) is 0 Å². The fourth-order valence-electron chi connectivity index (χ4n) is 0.908. The minimum atomic E-state index is -0.599. The summed E-state index contributed by atoms with van der Waals surface area (Å²) < 4.78 is 9.90. The van der Waals surface area contributed by atoms with Gasteiger partial charge in [-0.15, -0.1) is 0 Å². The highest BCUT2D eigenvalue weighted by Gasteiger charge is 2.48. The molecule has 0 aliphatic carbocycles. The van der Waals surface area contributed by atoms with Gasteiger partial charge in [-0.25, -0.2) is 0 Å². The molecular weight excluding hydrogens is 144 g/mol. The summed E-state index contributed by atoms with van der Waals surface area (Å²) in [4.78, 5) is 11.4. The summed E-state index contributed by atoms with van der Waals surface area (Å²) in [6.07, 6.45) is 1.49. The molecule has 1 saturated heterocycles.